The minimum absolute atomic E-state index is 0.156. The summed E-state index contributed by atoms with van der Waals surface area (Å²) in [6.07, 6.45) is 0.245. The zero-order valence-corrected chi connectivity index (χ0v) is 10.1. The second kappa shape index (κ2) is 4.94. The molecular formula is C11H22N2O2. The van der Waals surface area contributed by atoms with Gasteiger partial charge in [0.05, 0.1) is 6.42 Å². The van der Waals surface area contributed by atoms with E-state index >= 15 is 0 Å². The quantitative estimate of drug-likeness (QED) is 0.757. The van der Waals surface area contributed by atoms with Gasteiger partial charge in [0.2, 0.25) is 0 Å². The molecule has 0 saturated carbocycles. The Balaban J connectivity index is 2.67. The first-order chi connectivity index (χ1) is 6.91. The largest absolute Gasteiger partial charge is 0.481 e. The van der Waals surface area contributed by atoms with E-state index < -0.39 is 5.97 Å². The highest BCUT2D eigenvalue weighted by Gasteiger charge is 2.32. The number of aliphatic carboxylic acids is 1. The predicted octanol–water partition coefficient (Wildman–Crippen LogP) is 0.874. The fourth-order valence-corrected chi connectivity index (χ4v) is 2.23. The van der Waals surface area contributed by atoms with Gasteiger partial charge in [0.25, 0.3) is 0 Å². The van der Waals surface area contributed by atoms with Crippen LogP contribution in [0, 0.1) is 0 Å². The Labute approximate surface area is 91.9 Å². The highest BCUT2D eigenvalue weighted by atomic mass is 16.4. The molecule has 1 heterocycles. The van der Waals surface area contributed by atoms with Gasteiger partial charge in [0.1, 0.15) is 0 Å². The minimum atomic E-state index is -0.700. The van der Waals surface area contributed by atoms with Crippen LogP contribution in [0.2, 0.25) is 0 Å². The summed E-state index contributed by atoms with van der Waals surface area (Å²) in [6, 6.07) is 1.09. The first kappa shape index (κ1) is 12.5. The Morgan fingerprint density at radius 2 is 2.07 bits per heavy atom. The number of hydrogen-bond donors (Lipinski definition) is 1. The van der Waals surface area contributed by atoms with Gasteiger partial charge in [-0.1, -0.05) is 0 Å². The van der Waals surface area contributed by atoms with E-state index in [1.54, 1.807) is 0 Å². The number of nitrogens with zero attached hydrogens (tertiary/aromatic N) is 2. The molecule has 0 aromatic rings. The van der Waals surface area contributed by atoms with Crippen molar-refractivity contribution >= 4 is 5.97 Å². The van der Waals surface area contributed by atoms with Crippen molar-refractivity contribution < 1.29 is 9.90 Å². The predicted molar refractivity (Wildman–Crippen MR) is 60.0 cm³/mol. The van der Waals surface area contributed by atoms with Gasteiger partial charge in [-0.2, -0.15) is 0 Å². The highest BCUT2D eigenvalue weighted by Crippen LogP contribution is 2.18. The van der Waals surface area contributed by atoms with Crippen molar-refractivity contribution in [2.45, 2.75) is 45.3 Å². The average Bonchev–Trinajstić information content (AvgIpc) is 2.09. The average molecular weight is 214 g/mol. The van der Waals surface area contributed by atoms with E-state index in [1.165, 1.54) is 0 Å². The van der Waals surface area contributed by atoms with Gasteiger partial charge in [0, 0.05) is 31.2 Å². The summed E-state index contributed by atoms with van der Waals surface area (Å²) in [5.41, 5.74) is 0. The number of carboxylic acids is 1. The van der Waals surface area contributed by atoms with E-state index in [0.717, 1.165) is 13.1 Å². The first-order valence-electron chi connectivity index (χ1n) is 5.59. The van der Waals surface area contributed by atoms with Gasteiger partial charge in [-0.15, -0.1) is 0 Å². The molecule has 0 radical (unpaired) electrons. The molecule has 4 nitrogen and oxygen atoms in total. The smallest absolute Gasteiger partial charge is 0.304 e. The fraction of sp³-hybridized carbons (Fsp3) is 0.909. The molecule has 1 fully saturated rings. The van der Waals surface area contributed by atoms with Gasteiger partial charge in [-0.25, -0.2) is 0 Å². The summed E-state index contributed by atoms with van der Waals surface area (Å²) in [4.78, 5) is 15.3. The summed E-state index contributed by atoms with van der Waals surface area (Å²) < 4.78 is 0. The molecular weight excluding hydrogens is 192 g/mol. The topological polar surface area (TPSA) is 43.8 Å². The maximum absolute atomic E-state index is 10.8. The molecule has 1 aliphatic rings. The van der Waals surface area contributed by atoms with Crippen molar-refractivity contribution in [3.63, 3.8) is 0 Å². The van der Waals surface area contributed by atoms with Crippen molar-refractivity contribution in [2.75, 3.05) is 20.1 Å². The van der Waals surface area contributed by atoms with E-state index in [1.807, 2.05) is 0 Å². The number of hydrogen-bond acceptors (Lipinski definition) is 3. The molecule has 2 atom stereocenters. The van der Waals surface area contributed by atoms with Gasteiger partial charge in [-0.05, 0) is 27.8 Å². The second-order valence-electron chi connectivity index (χ2n) is 4.83. The summed E-state index contributed by atoms with van der Waals surface area (Å²) in [5.74, 6) is -0.700. The minimum Gasteiger partial charge on any atom is -0.481 e. The van der Waals surface area contributed by atoms with Crippen molar-refractivity contribution in [2.24, 2.45) is 0 Å². The maximum atomic E-state index is 10.8. The number of piperazine rings is 1. The third kappa shape index (κ3) is 3.18. The lowest BCUT2D eigenvalue weighted by Crippen LogP contribution is -2.58. The first-order valence-corrected chi connectivity index (χ1v) is 5.59. The summed E-state index contributed by atoms with van der Waals surface area (Å²) in [5, 5.41) is 8.87. The normalized spacial score (nSPS) is 29.7. The molecule has 1 rings (SSSR count). The third-order valence-electron chi connectivity index (χ3n) is 3.27. The summed E-state index contributed by atoms with van der Waals surface area (Å²) >= 11 is 0. The van der Waals surface area contributed by atoms with Crippen molar-refractivity contribution in [1.29, 1.82) is 0 Å². The van der Waals surface area contributed by atoms with E-state index in [0.29, 0.717) is 12.1 Å². The Morgan fingerprint density at radius 1 is 1.47 bits per heavy atom. The molecule has 0 aromatic heterocycles. The van der Waals surface area contributed by atoms with E-state index in [4.69, 9.17) is 5.11 Å². The van der Waals surface area contributed by atoms with Gasteiger partial charge < -0.3 is 10.0 Å². The molecule has 88 valence electrons. The lowest BCUT2D eigenvalue weighted by molar-refractivity contribution is -0.139. The zero-order valence-electron chi connectivity index (χ0n) is 10.1. The van der Waals surface area contributed by atoms with E-state index in [9.17, 15) is 4.79 Å². The Morgan fingerprint density at radius 3 is 2.53 bits per heavy atom. The molecule has 1 saturated heterocycles. The fourth-order valence-electron chi connectivity index (χ4n) is 2.23. The van der Waals surface area contributed by atoms with Crippen LogP contribution in [0.1, 0.15) is 27.2 Å². The molecule has 15 heavy (non-hydrogen) atoms. The van der Waals surface area contributed by atoms with Crippen LogP contribution in [0.15, 0.2) is 0 Å². The molecule has 4 heteroatoms. The maximum Gasteiger partial charge on any atom is 0.304 e. The molecule has 0 amide bonds. The number of rotatable bonds is 3. The van der Waals surface area contributed by atoms with Crippen LogP contribution >= 0.6 is 0 Å². The Kier molecular flexibility index (Phi) is 4.11. The Hall–Kier alpha value is -0.610. The second-order valence-corrected chi connectivity index (χ2v) is 4.83. The van der Waals surface area contributed by atoms with Gasteiger partial charge >= 0.3 is 5.97 Å². The van der Waals surface area contributed by atoms with Crippen LogP contribution in [0.3, 0.4) is 0 Å². The van der Waals surface area contributed by atoms with E-state index in [-0.39, 0.29) is 12.5 Å². The van der Waals surface area contributed by atoms with Crippen LogP contribution in [-0.4, -0.2) is 59.1 Å². The van der Waals surface area contributed by atoms with Crippen LogP contribution < -0.4 is 0 Å². The van der Waals surface area contributed by atoms with Gasteiger partial charge in [-0.3, -0.25) is 9.69 Å². The van der Waals surface area contributed by atoms with E-state index in [2.05, 4.69) is 37.6 Å². The van der Waals surface area contributed by atoms with Gasteiger partial charge in [0.15, 0.2) is 0 Å². The molecule has 0 aromatic carbocycles. The van der Waals surface area contributed by atoms with Crippen LogP contribution in [0.25, 0.3) is 0 Å². The van der Waals surface area contributed by atoms with Crippen molar-refractivity contribution in [3.05, 3.63) is 0 Å². The third-order valence-corrected chi connectivity index (χ3v) is 3.27. The molecule has 1 aliphatic heterocycles. The lowest BCUT2D eigenvalue weighted by Gasteiger charge is -2.45. The SMILES string of the molecule is CC1CN(C(C)C)C(CC(=O)O)CN1C. The molecule has 0 aliphatic carbocycles. The van der Waals surface area contributed by atoms with Crippen LogP contribution in [0.5, 0.6) is 0 Å². The van der Waals surface area contributed by atoms with Crippen LogP contribution in [-0.2, 0) is 4.79 Å². The summed E-state index contributed by atoms with van der Waals surface area (Å²) in [6.45, 7) is 8.27. The molecule has 0 bridgehead atoms. The Bertz CT molecular complexity index is 231. The molecule has 2 unspecified atom stereocenters. The van der Waals surface area contributed by atoms with Crippen molar-refractivity contribution in [1.82, 2.24) is 9.80 Å². The zero-order chi connectivity index (χ0) is 11.6. The van der Waals surface area contributed by atoms with Crippen LogP contribution in [0.4, 0.5) is 0 Å². The number of carboxylic acid groups (broad SMARTS) is 1. The highest BCUT2D eigenvalue weighted by molar-refractivity contribution is 5.67. The summed E-state index contributed by atoms with van der Waals surface area (Å²) in [7, 11) is 2.07. The molecule has 1 N–H and O–H groups in total. The lowest BCUT2D eigenvalue weighted by atomic mass is 10.0. The van der Waals surface area contributed by atoms with Crippen molar-refractivity contribution in [3.8, 4) is 0 Å². The molecule has 0 spiro atoms. The monoisotopic (exact) mass is 214 g/mol. The number of likely N-dealkylation sites (N-methyl/N-ethyl adjacent to an activating group) is 1. The standard InChI is InChI=1S/C11H22N2O2/c1-8(2)13-6-9(3)12(4)7-10(13)5-11(14)15/h8-10H,5-7H2,1-4H3,(H,14,15). The number of carbonyl (C=O) groups is 1.